The fraction of sp³-hybridized carbons (Fsp3) is 0.400. The van der Waals surface area contributed by atoms with E-state index in [0.29, 0.717) is 5.69 Å². The SMILES string of the molecule is CC(CO)CSc1cccc(C#N)n1. The van der Waals surface area contributed by atoms with E-state index in [4.69, 9.17) is 10.4 Å². The number of rotatable bonds is 4. The summed E-state index contributed by atoms with van der Waals surface area (Å²) in [5.74, 6) is 1.07. The second-order valence-corrected chi connectivity index (χ2v) is 4.11. The number of aliphatic hydroxyl groups is 1. The largest absolute Gasteiger partial charge is 0.396 e. The molecular formula is C10H12N2OS. The Morgan fingerprint density at radius 2 is 2.43 bits per heavy atom. The molecule has 0 aliphatic heterocycles. The lowest BCUT2D eigenvalue weighted by molar-refractivity contribution is 0.250. The van der Waals surface area contributed by atoms with Gasteiger partial charge in [0.2, 0.25) is 0 Å². The highest BCUT2D eigenvalue weighted by Gasteiger charge is 2.02. The average Bonchev–Trinajstić information content (AvgIpc) is 2.26. The van der Waals surface area contributed by atoms with Crippen LogP contribution in [0.3, 0.4) is 0 Å². The van der Waals surface area contributed by atoms with E-state index in [1.807, 2.05) is 25.1 Å². The minimum absolute atomic E-state index is 0.185. The first-order valence-corrected chi connectivity index (χ1v) is 5.35. The Labute approximate surface area is 87.8 Å². The van der Waals surface area contributed by atoms with Gasteiger partial charge >= 0.3 is 0 Å². The normalized spacial score (nSPS) is 12.1. The van der Waals surface area contributed by atoms with Crippen molar-refractivity contribution in [1.29, 1.82) is 5.26 Å². The van der Waals surface area contributed by atoms with E-state index in [-0.39, 0.29) is 12.5 Å². The first kappa shape index (κ1) is 11.0. The molecule has 14 heavy (non-hydrogen) atoms. The third kappa shape index (κ3) is 3.36. The fourth-order valence-electron chi connectivity index (χ4n) is 0.838. The molecule has 0 saturated carbocycles. The van der Waals surface area contributed by atoms with Crippen LogP contribution in [-0.4, -0.2) is 22.5 Å². The van der Waals surface area contributed by atoms with Gasteiger partial charge in [-0.15, -0.1) is 11.8 Å². The molecule has 0 bridgehead atoms. The topological polar surface area (TPSA) is 56.9 Å². The molecule has 1 heterocycles. The molecule has 3 nitrogen and oxygen atoms in total. The number of thioether (sulfide) groups is 1. The van der Waals surface area contributed by atoms with E-state index in [9.17, 15) is 0 Å². The number of nitrogens with zero attached hydrogens (tertiary/aromatic N) is 2. The Morgan fingerprint density at radius 1 is 1.64 bits per heavy atom. The first-order chi connectivity index (χ1) is 6.76. The molecule has 74 valence electrons. The standard InChI is InChI=1S/C10H12N2OS/c1-8(6-13)7-14-10-4-2-3-9(5-11)12-10/h2-4,8,13H,6-7H2,1H3. The van der Waals surface area contributed by atoms with Crippen molar-refractivity contribution in [3.63, 3.8) is 0 Å². The van der Waals surface area contributed by atoms with Crippen molar-refractivity contribution in [3.8, 4) is 6.07 Å². The fourth-order valence-corrected chi connectivity index (χ4v) is 1.74. The molecule has 1 rings (SSSR count). The lowest BCUT2D eigenvalue weighted by atomic mass is 10.2. The number of nitriles is 1. The van der Waals surface area contributed by atoms with Gasteiger partial charge in [-0.05, 0) is 18.1 Å². The molecule has 4 heteroatoms. The molecule has 1 aromatic rings. The second-order valence-electron chi connectivity index (χ2n) is 3.07. The quantitative estimate of drug-likeness (QED) is 0.765. The van der Waals surface area contributed by atoms with Gasteiger partial charge in [0.15, 0.2) is 0 Å². The highest BCUT2D eigenvalue weighted by molar-refractivity contribution is 7.99. The van der Waals surface area contributed by atoms with E-state index in [1.54, 1.807) is 17.8 Å². The molecule has 1 N–H and O–H groups in total. The van der Waals surface area contributed by atoms with Gasteiger partial charge in [-0.3, -0.25) is 0 Å². The summed E-state index contributed by atoms with van der Waals surface area (Å²) in [6.45, 7) is 2.16. The van der Waals surface area contributed by atoms with Crippen molar-refractivity contribution in [3.05, 3.63) is 23.9 Å². The van der Waals surface area contributed by atoms with E-state index in [0.717, 1.165) is 10.8 Å². The van der Waals surface area contributed by atoms with Crippen molar-refractivity contribution >= 4 is 11.8 Å². The van der Waals surface area contributed by atoms with E-state index >= 15 is 0 Å². The van der Waals surface area contributed by atoms with Gasteiger partial charge in [0.05, 0.1) is 5.03 Å². The van der Waals surface area contributed by atoms with E-state index < -0.39 is 0 Å². The molecular weight excluding hydrogens is 196 g/mol. The number of pyridine rings is 1. The van der Waals surface area contributed by atoms with Gasteiger partial charge in [-0.2, -0.15) is 5.26 Å². The Morgan fingerprint density at radius 3 is 3.07 bits per heavy atom. The summed E-state index contributed by atoms with van der Waals surface area (Å²) in [6, 6.07) is 7.36. The van der Waals surface area contributed by atoms with Crippen molar-refractivity contribution in [2.75, 3.05) is 12.4 Å². The highest BCUT2D eigenvalue weighted by atomic mass is 32.2. The van der Waals surface area contributed by atoms with Crippen molar-refractivity contribution in [1.82, 2.24) is 4.98 Å². The van der Waals surface area contributed by atoms with Crippen molar-refractivity contribution < 1.29 is 5.11 Å². The Bertz CT molecular complexity index is 335. The van der Waals surface area contributed by atoms with Crippen LogP contribution >= 0.6 is 11.8 Å². The van der Waals surface area contributed by atoms with Crippen LogP contribution in [0.15, 0.2) is 23.2 Å². The maximum Gasteiger partial charge on any atom is 0.141 e. The molecule has 0 amide bonds. The predicted molar refractivity (Wildman–Crippen MR) is 55.9 cm³/mol. The zero-order valence-corrected chi connectivity index (χ0v) is 8.79. The minimum atomic E-state index is 0.185. The molecule has 1 aromatic heterocycles. The van der Waals surface area contributed by atoms with Crippen LogP contribution in [0.1, 0.15) is 12.6 Å². The van der Waals surface area contributed by atoms with Crippen molar-refractivity contribution in [2.24, 2.45) is 5.92 Å². The third-order valence-electron chi connectivity index (χ3n) is 1.67. The number of hydrogen-bond acceptors (Lipinski definition) is 4. The lowest BCUT2D eigenvalue weighted by Gasteiger charge is -2.05. The molecule has 0 saturated heterocycles. The summed E-state index contributed by atoms with van der Waals surface area (Å²) in [5, 5.41) is 18.3. The Kier molecular flexibility index (Phi) is 4.44. The molecule has 0 aliphatic rings. The minimum Gasteiger partial charge on any atom is -0.396 e. The molecule has 0 aliphatic carbocycles. The third-order valence-corrected chi connectivity index (χ3v) is 2.92. The Balaban J connectivity index is 2.55. The number of aliphatic hydroxyl groups excluding tert-OH is 1. The molecule has 1 atom stereocenters. The molecule has 0 aromatic carbocycles. The number of hydrogen-bond donors (Lipinski definition) is 1. The van der Waals surface area contributed by atoms with Gasteiger partial charge in [-0.25, -0.2) is 4.98 Å². The van der Waals surface area contributed by atoms with Crippen LogP contribution in [0.25, 0.3) is 0 Å². The summed E-state index contributed by atoms with van der Waals surface area (Å²) in [7, 11) is 0. The lowest BCUT2D eigenvalue weighted by Crippen LogP contribution is -2.03. The summed E-state index contributed by atoms with van der Waals surface area (Å²) >= 11 is 1.56. The second kappa shape index (κ2) is 5.63. The summed E-state index contributed by atoms with van der Waals surface area (Å²) < 4.78 is 0. The van der Waals surface area contributed by atoms with Gasteiger partial charge in [0.1, 0.15) is 11.8 Å². The van der Waals surface area contributed by atoms with Gasteiger partial charge < -0.3 is 5.11 Å². The van der Waals surface area contributed by atoms with E-state index in [1.165, 1.54) is 0 Å². The highest BCUT2D eigenvalue weighted by Crippen LogP contribution is 2.18. The van der Waals surface area contributed by atoms with Gasteiger partial charge in [0.25, 0.3) is 0 Å². The van der Waals surface area contributed by atoms with Crippen LogP contribution in [0.5, 0.6) is 0 Å². The molecule has 0 radical (unpaired) electrons. The maximum absolute atomic E-state index is 8.83. The zero-order valence-electron chi connectivity index (χ0n) is 7.97. The monoisotopic (exact) mass is 208 g/mol. The van der Waals surface area contributed by atoms with Crippen LogP contribution in [-0.2, 0) is 0 Å². The maximum atomic E-state index is 8.83. The van der Waals surface area contributed by atoms with Crippen LogP contribution < -0.4 is 0 Å². The van der Waals surface area contributed by atoms with Crippen LogP contribution in [0.4, 0.5) is 0 Å². The molecule has 0 fully saturated rings. The predicted octanol–water partition coefficient (Wildman–Crippen LogP) is 1.67. The first-order valence-electron chi connectivity index (χ1n) is 4.37. The van der Waals surface area contributed by atoms with Gasteiger partial charge in [0, 0.05) is 12.4 Å². The number of aromatic nitrogens is 1. The summed E-state index contributed by atoms with van der Waals surface area (Å²) in [5.41, 5.74) is 0.437. The average molecular weight is 208 g/mol. The van der Waals surface area contributed by atoms with Crippen molar-refractivity contribution in [2.45, 2.75) is 11.9 Å². The molecule has 1 unspecified atom stereocenters. The Hall–Kier alpha value is -1.05. The smallest absolute Gasteiger partial charge is 0.141 e. The van der Waals surface area contributed by atoms with Crippen LogP contribution in [0, 0.1) is 17.2 Å². The summed E-state index contributed by atoms with van der Waals surface area (Å²) in [4.78, 5) is 4.12. The van der Waals surface area contributed by atoms with Crippen LogP contribution in [0.2, 0.25) is 0 Å². The zero-order chi connectivity index (χ0) is 10.4. The molecule has 0 spiro atoms. The van der Waals surface area contributed by atoms with Gasteiger partial charge in [-0.1, -0.05) is 13.0 Å². The van der Waals surface area contributed by atoms with E-state index in [2.05, 4.69) is 4.98 Å². The summed E-state index contributed by atoms with van der Waals surface area (Å²) in [6.07, 6.45) is 0.